The van der Waals surface area contributed by atoms with Crippen molar-refractivity contribution in [2.75, 3.05) is 11.9 Å². The molecule has 0 radical (unpaired) electrons. The van der Waals surface area contributed by atoms with Gasteiger partial charge in [0.1, 0.15) is 5.75 Å². The molecule has 1 amide bonds. The van der Waals surface area contributed by atoms with Crippen LogP contribution in [0.5, 0.6) is 5.75 Å². The summed E-state index contributed by atoms with van der Waals surface area (Å²) in [6.45, 7) is 14.9. The second kappa shape index (κ2) is 8.25. The van der Waals surface area contributed by atoms with Crippen LogP contribution in [0.15, 0.2) is 24.3 Å². The van der Waals surface area contributed by atoms with Crippen molar-refractivity contribution in [3.8, 4) is 5.75 Å². The minimum Gasteiger partial charge on any atom is -0.492 e. The lowest BCUT2D eigenvalue weighted by Gasteiger charge is -2.22. The number of amides is 1. The van der Waals surface area contributed by atoms with E-state index in [1.54, 1.807) is 0 Å². The van der Waals surface area contributed by atoms with Crippen molar-refractivity contribution in [3.05, 3.63) is 57.6 Å². The molecule has 2 aromatic carbocycles. The first kappa shape index (κ1) is 22.1. The van der Waals surface area contributed by atoms with Crippen molar-refractivity contribution in [2.45, 2.75) is 66.7 Å². The highest BCUT2D eigenvalue weighted by molar-refractivity contribution is 5.96. The molecular weight excluding hydrogens is 374 g/mol. The maximum Gasteiger partial charge on any atom is 0.224 e. The summed E-state index contributed by atoms with van der Waals surface area (Å²) in [6.07, 6.45) is 1.26. The Morgan fingerprint density at radius 3 is 2.33 bits per heavy atom. The summed E-state index contributed by atoms with van der Waals surface area (Å²) >= 11 is 0. The molecule has 0 saturated carbocycles. The van der Waals surface area contributed by atoms with Gasteiger partial charge in [-0.1, -0.05) is 58.9 Å². The first-order chi connectivity index (χ1) is 14.0. The van der Waals surface area contributed by atoms with Crippen LogP contribution >= 0.6 is 0 Å². The van der Waals surface area contributed by atoms with Gasteiger partial charge in [0.2, 0.25) is 5.91 Å². The Kier molecular flexibility index (Phi) is 6.07. The fourth-order valence-electron chi connectivity index (χ4n) is 4.23. The van der Waals surface area contributed by atoms with Crippen molar-refractivity contribution in [2.24, 2.45) is 5.41 Å². The van der Waals surface area contributed by atoms with E-state index in [2.05, 4.69) is 43.4 Å². The van der Waals surface area contributed by atoms with Gasteiger partial charge in [0, 0.05) is 23.6 Å². The summed E-state index contributed by atoms with van der Waals surface area (Å²) in [5, 5.41) is 3.08. The van der Waals surface area contributed by atoms with Gasteiger partial charge in [-0.15, -0.1) is 0 Å². The Labute approximate surface area is 180 Å². The Hall–Kier alpha value is -2.62. The fourth-order valence-corrected chi connectivity index (χ4v) is 4.23. The second-order valence-electron chi connectivity index (χ2n) is 9.87. The predicted octanol–water partition coefficient (Wildman–Crippen LogP) is 6.14. The fraction of sp³-hybridized carbons (Fsp3) is 0.462. The third-order valence-corrected chi connectivity index (χ3v) is 5.87. The van der Waals surface area contributed by atoms with Gasteiger partial charge >= 0.3 is 0 Å². The van der Waals surface area contributed by atoms with Crippen LogP contribution in [0.25, 0.3) is 0 Å². The Bertz CT molecular complexity index is 965. The summed E-state index contributed by atoms with van der Waals surface area (Å²) in [5.41, 5.74) is 6.36. The number of ether oxygens (including phenoxy) is 1. The van der Waals surface area contributed by atoms with Crippen molar-refractivity contribution < 1.29 is 14.3 Å². The summed E-state index contributed by atoms with van der Waals surface area (Å²) in [4.78, 5) is 24.6. The van der Waals surface area contributed by atoms with Gasteiger partial charge in [0.05, 0.1) is 12.2 Å². The van der Waals surface area contributed by atoms with Crippen LogP contribution in [0.3, 0.4) is 0 Å². The van der Waals surface area contributed by atoms with E-state index >= 15 is 0 Å². The number of carbonyl (C=O) groups excluding carboxylic acids is 2. The Morgan fingerprint density at radius 1 is 1.17 bits per heavy atom. The molecule has 1 atom stereocenters. The van der Waals surface area contributed by atoms with Gasteiger partial charge < -0.3 is 10.1 Å². The number of rotatable bonds is 5. The molecule has 0 aliphatic carbocycles. The standard InChI is InChI=1S/C26H33NO3/c1-15(2)18-8-10-19(11-9-18)21-14-30-25-20(13-28)16(3)24(17(4)23(21)25)27-22(29)12-26(5,6)7/h8-11,13,15,21H,12,14H2,1-7H3,(H,27,29)/t21-/m1/s1. The predicted molar refractivity (Wildman–Crippen MR) is 122 cm³/mol. The third-order valence-electron chi connectivity index (χ3n) is 5.87. The van der Waals surface area contributed by atoms with Crippen molar-refractivity contribution in [3.63, 3.8) is 0 Å². The van der Waals surface area contributed by atoms with E-state index in [9.17, 15) is 9.59 Å². The topological polar surface area (TPSA) is 55.4 Å². The lowest BCUT2D eigenvalue weighted by atomic mass is 9.85. The van der Waals surface area contributed by atoms with Crippen LogP contribution in [0.4, 0.5) is 5.69 Å². The molecule has 0 aromatic heterocycles. The van der Waals surface area contributed by atoms with Gasteiger partial charge in [-0.25, -0.2) is 0 Å². The van der Waals surface area contributed by atoms with Crippen LogP contribution in [0.1, 0.15) is 91.1 Å². The number of anilines is 1. The van der Waals surface area contributed by atoms with E-state index < -0.39 is 0 Å². The number of fused-ring (bicyclic) bond motifs is 1. The zero-order valence-corrected chi connectivity index (χ0v) is 19.2. The van der Waals surface area contributed by atoms with Gasteiger partial charge in [0.15, 0.2) is 6.29 Å². The van der Waals surface area contributed by atoms with E-state index in [1.165, 1.54) is 5.56 Å². The molecule has 2 aromatic rings. The monoisotopic (exact) mass is 407 g/mol. The molecule has 30 heavy (non-hydrogen) atoms. The maximum absolute atomic E-state index is 12.7. The van der Waals surface area contributed by atoms with Crippen LogP contribution < -0.4 is 10.1 Å². The number of nitrogens with one attached hydrogen (secondary N) is 1. The molecule has 0 saturated heterocycles. The van der Waals surface area contributed by atoms with E-state index in [0.717, 1.165) is 34.2 Å². The quantitative estimate of drug-likeness (QED) is 0.606. The largest absolute Gasteiger partial charge is 0.492 e. The van der Waals surface area contributed by atoms with Crippen molar-refractivity contribution >= 4 is 17.9 Å². The minimum absolute atomic E-state index is 0.0396. The highest BCUT2D eigenvalue weighted by atomic mass is 16.5. The Morgan fingerprint density at radius 2 is 1.80 bits per heavy atom. The zero-order valence-electron chi connectivity index (χ0n) is 19.2. The summed E-state index contributed by atoms with van der Waals surface area (Å²) in [6, 6.07) is 8.62. The first-order valence-electron chi connectivity index (χ1n) is 10.7. The van der Waals surface area contributed by atoms with E-state index in [-0.39, 0.29) is 17.2 Å². The molecule has 1 aliphatic rings. The number of carbonyl (C=O) groups is 2. The Balaban J connectivity index is 2.06. The molecule has 0 unspecified atom stereocenters. The molecule has 4 heteroatoms. The number of aldehydes is 1. The molecule has 1 heterocycles. The smallest absolute Gasteiger partial charge is 0.224 e. The molecule has 4 nitrogen and oxygen atoms in total. The van der Waals surface area contributed by atoms with Crippen LogP contribution in [0, 0.1) is 19.3 Å². The number of hydrogen-bond acceptors (Lipinski definition) is 3. The second-order valence-corrected chi connectivity index (χ2v) is 9.87. The molecule has 0 spiro atoms. The average Bonchev–Trinajstić information content (AvgIpc) is 3.09. The lowest BCUT2D eigenvalue weighted by Crippen LogP contribution is -2.21. The van der Waals surface area contributed by atoms with Crippen molar-refractivity contribution in [1.82, 2.24) is 0 Å². The van der Waals surface area contributed by atoms with Gasteiger partial charge in [-0.2, -0.15) is 0 Å². The first-order valence-corrected chi connectivity index (χ1v) is 10.7. The highest BCUT2D eigenvalue weighted by Crippen LogP contribution is 2.46. The highest BCUT2D eigenvalue weighted by Gasteiger charge is 2.33. The van der Waals surface area contributed by atoms with Crippen LogP contribution in [-0.4, -0.2) is 18.8 Å². The van der Waals surface area contributed by atoms with E-state index in [0.29, 0.717) is 30.3 Å². The van der Waals surface area contributed by atoms with E-state index in [4.69, 9.17) is 4.74 Å². The third kappa shape index (κ3) is 4.28. The summed E-state index contributed by atoms with van der Waals surface area (Å²) in [7, 11) is 0. The minimum atomic E-state index is -0.111. The SMILES string of the molecule is Cc1c(C=O)c2c(c(C)c1NC(=O)CC(C)(C)C)[C@@H](c1ccc(C(C)C)cc1)CO2. The normalized spacial score (nSPS) is 15.7. The molecule has 1 N–H and O–H groups in total. The zero-order chi connectivity index (χ0) is 22.2. The summed E-state index contributed by atoms with van der Waals surface area (Å²) in [5.74, 6) is 1.13. The maximum atomic E-state index is 12.7. The number of benzene rings is 2. The van der Waals surface area contributed by atoms with Crippen LogP contribution in [0.2, 0.25) is 0 Å². The van der Waals surface area contributed by atoms with Gasteiger partial charge in [0.25, 0.3) is 0 Å². The average molecular weight is 408 g/mol. The molecule has 3 rings (SSSR count). The number of hydrogen-bond donors (Lipinski definition) is 1. The van der Waals surface area contributed by atoms with E-state index in [1.807, 2.05) is 34.6 Å². The molecule has 1 aliphatic heterocycles. The molecule has 0 bridgehead atoms. The van der Waals surface area contributed by atoms with Crippen LogP contribution in [-0.2, 0) is 4.79 Å². The van der Waals surface area contributed by atoms with Gasteiger partial charge in [-0.05, 0) is 47.4 Å². The van der Waals surface area contributed by atoms with Crippen molar-refractivity contribution in [1.29, 1.82) is 0 Å². The summed E-state index contributed by atoms with van der Waals surface area (Å²) < 4.78 is 6.02. The lowest BCUT2D eigenvalue weighted by molar-refractivity contribution is -0.117. The molecule has 0 fully saturated rings. The molecular formula is C26H33NO3. The molecule has 160 valence electrons. The van der Waals surface area contributed by atoms with Gasteiger partial charge in [-0.3, -0.25) is 9.59 Å².